The van der Waals surface area contributed by atoms with Crippen LogP contribution in [0.3, 0.4) is 0 Å². The minimum absolute atomic E-state index is 0.105. The number of hydrogen-bond acceptors (Lipinski definition) is 3. The van der Waals surface area contributed by atoms with Crippen molar-refractivity contribution in [3.05, 3.63) is 23.5 Å². The zero-order valence-electron chi connectivity index (χ0n) is 7.48. The van der Waals surface area contributed by atoms with E-state index in [4.69, 9.17) is 4.55 Å². The van der Waals surface area contributed by atoms with E-state index in [0.29, 0.717) is 12.1 Å². The molecule has 0 unspecified atom stereocenters. The first-order chi connectivity index (χ1) is 5.95. The van der Waals surface area contributed by atoms with Gasteiger partial charge in [-0.25, -0.2) is 0 Å². The normalized spacial score (nSPS) is 11.6. The number of rotatable bonds is 2. The van der Waals surface area contributed by atoms with E-state index >= 15 is 0 Å². The molecule has 13 heavy (non-hydrogen) atoms. The van der Waals surface area contributed by atoms with E-state index in [2.05, 4.69) is 4.98 Å². The Balaban J connectivity index is 3.36. The maximum absolute atomic E-state index is 10.8. The average molecular weight is 201 g/mol. The molecule has 0 aliphatic carbocycles. The van der Waals surface area contributed by atoms with Gasteiger partial charge in [-0.2, -0.15) is 8.42 Å². The predicted octanol–water partition coefficient (Wildman–Crippen LogP) is 1.20. The molecule has 0 saturated carbocycles. The van der Waals surface area contributed by atoms with Crippen molar-refractivity contribution in [3.8, 4) is 0 Å². The van der Waals surface area contributed by atoms with Gasteiger partial charge in [0.25, 0.3) is 10.1 Å². The SMILES string of the molecule is CCc1cnc(C)c(S(=O)(=O)O)c1. The third kappa shape index (κ3) is 2.26. The fraction of sp³-hybridized carbons (Fsp3) is 0.375. The second kappa shape index (κ2) is 3.43. The van der Waals surface area contributed by atoms with Gasteiger partial charge in [0, 0.05) is 6.20 Å². The quantitative estimate of drug-likeness (QED) is 0.730. The van der Waals surface area contributed by atoms with Gasteiger partial charge in [0.05, 0.1) is 5.69 Å². The Morgan fingerprint density at radius 2 is 2.15 bits per heavy atom. The molecule has 0 aliphatic rings. The van der Waals surface area contributed by atoms with E-state index in [1.165, 1.54) is 6.07 Å². The van der Waals surface area contributed by atoms with Crippen molar-refractivity contribution in [2.75, 3.05) is 0 Å². The Labute approximate surface area is 77.4 Å². The highest BCUT2D eigenvalue weighted by atomic mass is 32.2. The molecule has 0 aliphatic heterocycles. The smallest absolute Gasteiger partial charge is 0.282 e. The summed E-state index contributed by atoms with van der Waals surface area (Å²) in [5.41, 5.74) is 1.11. The Morgan fingerprint density at radius 3 is 2.62 bits per heavy atom. The number of nitrogens with zero attached hydrogens (tertiary/aromatic N) is 1. The van der Waals surface area contributed by atoms with Crippen molar-refractivity contribution in [3.63, 3.8) is 0 Å². The molecule has 0 amide bonds. The first-order valence-corrected chi connectivity index (χ1v) is 5.32. The Hall–Kier alpha value is -0.940. The molecule has 0 radical (unpaired) electrons. The van der Waals surface area contributed by atoms with Crippen LogP contribution in [0, 0.1) is 6.92 Å². The van der Waals surface area contributed by atoms with Crippen molar-refractivity contribution in [1.29, 1.82) is 0 Å². The highest BCUT2D eigenvalue weighted by Gasteiger charge is 2.13. The van der Waals surface area contributed by atoms with Crippen molar-refractivity contribution < 1.29 is 13.0 Å². The number of aromatic nitrogens is 1. The highest BCUT2D eigenvalue weighted by molar-refractivity contribution is 7.85. The number of pyridine rings is 1. The zero-order valence-corrected chi connectivity index (χ0v) is 8.30. The van der Waals surface area contributed by atoms with Crippen LogP contribution in [0.4, 0.5) is 0 Å². The predicted molar refractivity (Wildman–Crippen MR) is 48.2 cm³/mol. The van der Waals surface area contributed by atoms with Gasteiger partial charge in [-0.1, -0.05) is 6.92 Å². The second-order valence-electron chi connectivity index (χ2n) is 2.76. The van der Waals surface area contributed by atoms with Gasteiger partial charge in [-0.05, 0) is 25.0 Å². The van der Waals surface area contributed by atoms with E-state index < -0.39 is 10.1 Å². The monoisotopic (exact) mass is 201 g/mol. The second-order valence-corrected chi connectivity index (χ2v) is 4.15. The molecule has 4 nitrogen and oxygen atoms in total. The molecule has 0 aromatic carbocycles. The fourth-order valence-corrected chi connectivity index (χ4v) is 1.73. The van der Waals surface area contributed by atoms with Crippen molar-refractivity contribution in [2.45, 2.75) is 25.2 Å². The molecule has 5 heteroatoms. The van der Waals surface area contributed by atoms with Crippen LogP contribution in [-0.4, -0.2) is 18.0 Å². The summed E-state index contributed by atoms with van der Waals surface area (Å²) in [5.74, 6) is 0. The molecule has 0 saturated heterocycles. The van der Waals surface area contributed by atoms with Crippen LogP contribution in [0.25, 0.3) is 0 Å². The molecule has 1 heterocycles. The lowest BCUT2D eigenvalue weighted by atomic mass is 10.2. The molecule has 1 N–H and O–H groups in total. The summed E-state index contributed by atoms with van der Waals surface area (Å²) in [6, 6.07) is 1.44. The van der Waals surface area contributed by atoms with Crippen LogP contribution in [-0.2, 0) is 16.5 Å². The number of aryl methyl sites for hydroxylation is 2. The van der Waals surface area contributed by atoms with Gasteiger partial charge in [0.15, 0.2) is 0 Å². The van der Waals surface area contributed by atoms with Crippen LogP contribution < -0.4 is 0 Å². The van der Waals surface area contributed by atoms with Crippen molar-refractivity contribution >= 4 is 10.1 Å². The Bertz CT molecular complexity index is 411. The van der Waals surface area contributed by atoms with Crippen LogP contribution in [0.2, 0.25) is 0 Å². The van der Waals surface area contributed by atoms with Crippen molar-refractivity contribution in [2.24, 2.45) is 0 Å². The van der Waals surface area contributed by atoms with Crippen LogP contribution in [0.5, 0.6) is 0 Å². The summed E-state index contributed by atoms with van der Waals surface area (Å²) >= 11 is 0. The molecular weight excluding hydrogens is 190 g/mol. The largest absolute Gasteiger partial charge is 0.296 e. The highest BCUT2D eigenvalue weighted by Crippen LogP contribution is 2.14. The zero-order chi connectivity index (χ0) is 10.1. The van der Waals surface area contributed by atoms with E-state index in [-0.39, 0.29) is 4.90 Å². The summed E-state index contributed by atoms with van der Waals surface area (Å²) in [6.07, 6.45) is 2.29. The third-order valence-electron chi connectivity index (χ3n) is 1.78. The van der Waals surface area contributed by atoms with Crippen molar-refractivity contribution in [1.82, 2.24) is 4.98 Å². The van der Waals surface area contributed by atoms with E-state index in [0.717, 1.165) is 5.56 Å². The lowest BCUT2D eigenvalue weighted by Gasteiger charge is -2.03. The number of hydrogen-bond donors (Lipinski definition) is 1. The molecule has 0 fully saturated rings. The lowest BCUT2D eigenvalue weighted by Crippen LogP contribution is -2.03. The minimum atomic E-state index is -4.13. The Morgan fingerprint density at radius 1 is 1.54 bits per heavy atom. The van der Waals surface area contributed by atoms with Gasteiger partial charge < -0.3 is 0 Å². The van der Waals surface area contributed by atoms with E-state index in [1.54, 1.807) is 13.1 Å². The van der Waals surface area contributed by atoms with Gasteiger partial charge >= 0.3 is 0 Å². The van der Waals surface area contributed by atoms with Crippen LogP contribution in [0.1, 0.15) is 18.2 Å². The molecule has 72 valence electrons. The molecule has 0 bridgehead atoms. The van der Waals surface area contributed by atoms with E-state index in [1.807, 2.05) is 6.92 Å². The summed E-state index contributed by atoms with van der Waals surface area (Å²) < 4.78 is 30.5. The molecular formula is C8H11NO3S. The first-order valence-electron chi connectivity index (χ1n) is 3.88. The molecule has 1 aromatic rings. The summed E-state index contributed by atoms with van der Waals surface area (Å²) in [6.45, 7) is 3.43. The van der Waals surface area contributed by atoms with Gasteiger partial charge in [0.2, 0.25) is 0 Å². The van der Waals surface area contributed by atoms with Gasteiger partial charge in [-0.3, -0.25) is 9.54 Å². The molecule has 1 aromatic heterocycles. The van der Waals surface area contributed by atoms with Gasteiger partial charge in [-0.15, -0.1) is 0 Å². The molecule has 0 spiro atoms. The average Bonchev–Trinajstić information content (AvgIpc) is 2.03. The van der Waals surface area contributed by atoms with Crippen LogP contribution in [0.15, 0.2) is 17.2 Å². The first kappa shape index (κ1) is 10.1. The molecule has 0 atom stereocenters. The maximum atomic E-state index is 10.8. The van der Waals surface area contributed by atoms with Crippen LogP contribution >= 0.6 is 0 Å². The lowest BCUT2D eigenvalue weighted by molar-refractivity contribution is 0.482. The Kier molecular flexibility index (Phi) is 2.68. The standard InChI is InChI=1S/C8H11NO3S/c1-3-7-4-8(13(10,11)12)6(2)9-5-7/h4-5H,3H2,1-2H3,(H,10,11,12). The molecule has 1 rings (SSSR count). The summed E-state index contributed by atoms with van der Waals surface area (Å²) in [5, 5.41) is 0. The third-order valence-corrected chi connectivity index (χ3v) is 2.75. The summed E-state index contributed by atoms with van der Waals surface area (Å²) in [7, 11) is -4.13. The topological polar surface area (TPSA) is 67.3 Å². The summed E-state index contributed by atoms with van der Waals surface area (Å²) in [4.78, 5) is 3.77. The minimum Gasteiger partial charge on any atom is -0.282 e. The fourth-order valence-electron chi connectivity index (χ4n) is 1.01. The maximum Gasteiger partial charge on any atom is 0.296 e. The van der Waals surface area contributed by atoms with Gasteiger partial charge in [0.1, 0.15) is 4.90 Å². The van der Waals surface area contributed by atoms with E-state index in [9.17, 15) is 8.42 Å².